The predicted octanol–water partition coefficient (Wildman–Crippen LogP) is 4.51. The van der Waals surface area contributed by atoms with Gasteiger partial charge in [-0.3, -0.25) is 9.59 Å². The maximum absolute atomic E-state index is 13.2. The van der Waals surface area contributed by atoms with Crippen LogP contribution in [0.1, 0.15) is 18.1 Å². The van der Waals surface area contributed by atoms with Crippen LogP contribution in [0.4, 0.5) is 0 Å². The maximum Gasteiger partial charge on any atom is 0.261 e. The molecule has 1 atom stereocenters. The standard InChI is InChI=1S/C28H31ClN2O5/c1-20(28(33)30-16-15-21-13-14-25(34-2)26(17-21)35-3)31(18-22-9-5-4-6-10-22)27(32)19-36-24-12-8-7-11-23(24)29/h4-14,17,20H,15-16,18-19H2,1-3H3,(H,30,33)/t20-/m1/s1. The van der Waals surface area contributed by atoms with Crippen LogP contribution < -0.4 is 19.5 Å². The summed E-state index contributed by atoms with van der Waals surface area (Å²) in [5, 5.41) is 3.35. The van der Waals surface area contributed by atoms with Crippen molar-refractivity contribution in [3.63, 3.8) is 0 Å². The SMILES string of the molecule is COc1ccc(CCNC(=O)[C@@H](C)N(Cc2ccccc2)C(=O)COc2ccccc2Cl)cc1OC. The van der Waals surface area contributed by atoms with Crippen molar-refractivity contribution in [2.75, 3.05) is 27.4 Å². The van der Waals surface area contributed by atoms with Crippen molar-refractivity contribution in [1.82, 2.24) is 10.2 Å². The molecule has 0 fully saturated rings. The van der Waals surface area contributed by atoms with E-state index in [0.717, 1.165) is 11.1 Å². The average Bonchev–Trinajstić information content (AvgIpc) is 2.91. The molecule has 0 aliphatic carbocycles. The minimum absolute atomic E-state index is 0.236. The van der Waals surface area contributed by atoms with E-state index >= 15 is 0 Å². The van der Waals surface area contributed by atoms with Crippen LogP contribution in [0, 0.1) is 0 Å². The lowest BCUT2D eigenvalue weighted by Gasteiger charge is -2.29. The Kier molecular flexibility index (Phi) is 10.0. The van der Waals surface area contributed by atoms with Crippen molar-refractivity contribution in [2.24, 2.45) is 0 Å². The van der Waals surface area contributed by atoms with Crippen molar-refractivity contribution in [1.29, 1.82) is 0 Å². The summed E-state index contributed by atoms with van der Waals surface area (Å²) in [7, 11) is 3.17. The van der Waals surface area contributed by atoms with E-state index in [2.05, 4.69) is 5.32 Å². The molecule has 0 spiro atoms. The zero-order valence-electron chi connectivity index (χ0n) is 20.7. The molecule has 0 aliphatic heterocycles. The Morgan fingerprint density at radius 1 is 0.889 bits per heavy atom. The summed E-state index contributed by atoms with van der Waals surface area (Å²) in [6.45, 7) is 2.15. The first-order valence-electron chi connectivity index (χ1n) is 11.6. The summed E-state index contributed by atoms with van der Waals surface area (Å²) in [4.78, 5) is 27.7. The number of hydrogen-bond acceptors (Lipinski definition) is 5. The van der Waals surface area contributed by atoms with Crippen LogP contribution in [0.15, 0.2) is 72.8 Å². The fourth-order valence-electron chi connectivity index (χ4n) is 3.66. The van der Waals surface area contributed by atoms with E-state index in [0.29, 0.717) is 35.2 Å². The topological polar surface area (TPSA) is 77.1 Å². The third-order valence-corrected chi connectivity index (χ3v) is 6.02. The Hall–Kier alpha value is -3.71. The van der Waals surface area contributed by atoms with Gasteiger partial charge in [0.2, 0.25) is 5.91 Å². The van der Waals surface area contributed by atoms with E-state index in [1.165, 1.54) is 4.90 Å². The van der Waals surface area contributed by atoms with Crippen LogP contribution in [0.3, 0.4) is 0 Å². The molecule has 0 bridgehead atoms. The van der Waals surface area contributed by atoms with Gasteiger partial charge in [-0.05, 0) is 48.7 Å². The molecule has 0 radical (unpaired) electrons. The number of nitrogens with zero attached hydrogens (tertiary/aromatic N) is 1. The number of amides is 2. The molecule has 2 amide bonds. The Labute approximate surface area is 216 Å². The van der Waals surface area contributed by atoms with Crippen LogP contribution in [-0.2, 0) is 22.6 Å². The van der Waals surface area contributed by atoms with Gasteiger partial charge in [-0.1, -0.05) is 60.1 Å². The Bertz CT molecular complexity index is 1160. The molecule has 0 heterocycles. The molecular formula is C28H31ClN2O5. The van der Waals surface area contributed by atoms with Crippen LogP contribution in [0.25, 0.3) is 0 Å². The fourth-order valence-corrected chi connectivity index (χ4v) is 3.85. The van der Waals surface area contributed by atoms with E-state index in [-0.39, 0.29) is 25.0 Å². The Morgan fingerprint density at radius 3 is 2.28 bits per heavy atom. The van der Waals surface area contributed by atoms with Gasteiger partial charge >= 0.3 is 0 Å². The fraction of sp³-hybridized carbons (Fsp3) is 0.286. The quantitative estimate of drug-likeness (QED) is 0.388. The van der Waals surface area contributed by atoms with Gasteiger partial charge in [0.15, 0.2) is 18.1 Å². The minimum Gasteiger partial charge on any atom is -0.493 e. The first kappa shape index (κ1) is 26.9. The zero-order chi connectivity index (χ0) is 25.9. The summed E-state index contributed by atoms with van der Waals surface area (Å²) < 4.78 is 16.3. The summed E-state index contributed by atoms with van der Waals surface area (Å²) in [6, 6.07) is 21.4. The molecule has 8 heteroatoms. The second-order valence-electron chi connectivity index (χ2n) is 8.13. The molecule has 0 unspecified atom stereocenters. The largest absolute Gasteiger partial charge is 0.493 e. The lowest BCUT2D eigenvalue weighted by atomic mass is 10.1. The molecule has 1 N–H and O–H groups in total. The molecule has 0 saturated heterocycles. The lowest BCUT2D eigenvalue weighted by Crippen LogP contribution is -2.49. The highest BCUT2D eigenvalue weighted by Crippen LogP contribution is 2.27. The van der Waals surface area contributed by atoms with Crippen molar-refractivity contribution < 1.29 is 23.8 Å². The molecule has 0 aliphatic rings. The van der Waals surface area contributed by atoms with Gasteiger partial charge < -0.3 is 24.4 Å². The highest BCUT2D eigenvalue weighted by atomic mass is 35.5. The van der Waals surface area contributed by atoms with E-state index in [1.807, 2.05) is 48.5 Å². The van der Waals surface area contributed by atoms with Crippen LogP contribution >= 0.6 is 11.6 Å². The molecule has 3 aromatic carbocycles. The van der Waals surface area contributed by atoms with Crippen LogP contribution in [-0.4, -0.2) is 50.1 Å². The number of rotatable bonds is 12. The maximum atomic E-state index is 13.2. The normalized spacial score (nSPS) is 11.3. The second kappa shape index (κ2) is 13.4. The molecule has 3 rings (SSSR count). The highest BCUT2D eigenvalue weighted by Gasteiger charge is 2.26. The highest BCUT2D eigenvalue weighted by molar-refractivity contribution is 6.32. The number of carbonyl (C=O) groups is 2. The number of halogens is 1. The molecule has 7 nitrogen and oxygen atoms in total. The Balaban J connectivity index is 1.64. The van der Waals surface area contributed by atoms with Crippen LogP contribution in [0.2, 0.25) is 5.02 Å². The summed E-state index contributed by atoms with van der Waals surface area (Å²) in [5.74, 6) is 1.12. The van der Waals surface area contributed by atoms with Crippen molar-refractivity contribution in [2.45, 2.75) is 25.9 Å². The second-order valence-corrected chi connectivity index (χ2v) is 8.54. The van der Waals surface area contributed by atoms with E-state index < -0.39 is 6.04 Å². The van der Waals surface area contributed by atoms with Gasteiger partial charge in [0.05, 0.1) is 19.2 Å². The van der Waals surface area contributed by atoms with Gasteiger partial charge in [0.25, 0.3) is 5.91 Å². The molecule has 3 aromatic rings. The average molecular weight is 511 g/mol. The van der Waals surface area contributed by atoms with Gasteiger partial charge in [-0.2, -0.15) is 0 Å². The van der Waals surface area contributed by atoms with Crippen molar-refractivity contribution in [3.05, 3.63) is 88.9 Å². The van der Waals surface area contributed by atoms with E-state index in [9.17, 15) is 9.59 Å². The van der Waals surface area contributed by atoms with E-state index in [4.69, 9.17) is 25.8 Å². The Morgan fingerprint density at radius 2 is 1.58 bits per heavy atom. The summed E-state index contributed by atoms with van der Waals surface area (Å²) in [6.07, 6.45) is 0.598. The minimum atomic E-state index is -0.710. The number of para-hydroxylation sites is 1. The first-order chi connectivity index (χ1) is 17.4. The zero-order valence-corrected chi connectivity index (χ0v) is 21.5. The van der Waals surface area contributed by atoms with Crippen LogP contribution in [0.5, 0.6) is 17.2 Å². The predicted molar refractivity (Wildman–Crippen MR) is 140 cm³/mol. The number of nitrogens with one attached hydrogen (secondary N) is 1. The molecule has 190 valence electrons. The number of ether oxygens (including phenoxy) is 3. The van der Waals surface area contributed by atoms with Crippen molar-refractivity contribution >= 4 is 23.4 Å². The van der Waals surface area contributed by atoms with Gasteiger partial charge in [0, 0.05) is 13.1 Å². The monoisotopic (exact) mass is 510 g/mol. The molecule has 0 saturated carbocycles. The molecular weight excluding hydrogens is 480 g/mol. The first-order valence-corrected chi connectivity index (χ1v) is 12.0. The van der Waals surface area contributed by atoms with Gasteiger partial charge in [-0.15, -0.1) is 0 Å². The third kappa shape index (κ3) is 7.39. The summed E-state index contributed by atoms with van der Waals surface area (Å²) in [5.41, 5.74) is 1.90. The number of hydrogen-bond donors (Lipinski definition) is 1. The smallest absolute Gasteiger partial charge is 0.261 e. The number of carbonyl (C=O) groups excluding carboxylic acids is 2. The molecule has 0 aromatic heterocycles. The molecule has 36 heavy (non-hydrogen) atoms. The van der Waals surface area contributed by atoms with Crippen molar-refractivity contribution in [3.8, 4) is 17.2 Å². The lowest BCUT2D eigenvalue weighted by molar-refractivity contribution is -0.142. The summed E-state index contributed by atoms with van der Waals surface area (Å²) >= 11 is 6.14. The van der Waals surface area contributed by atoms with Gasteiger partial charge in [0.1, 0.15) is 11.8 Å². The third-order valence-electron chi connectivity index (χ3n) is 5.71. The number of methoxy groups -OCH3 is 2. The van der Waals surface area contributed by atoms with E-state index in [1.54, 1.807) is 45.4 Å². The number of benzene rings is 3. The van der Waals surface area contributed by atoms with Gasteiger partial charge in [-0.25, -0.2) is 0 Å².